The summed E-state index contributed by atoms with van der Waals surface area (Å²) in [4.78, 5) is 0. The van der Waals surface area contributed by atoms with E-state index in [9.17, 15) is 0 Å². The maximum Gasteiger partial charge on any atom is 0.127 e. The first-order valence-electron chi connectivity index (χ1n) is 4.93. The molecule has 0 aromatic heterocycles. The van der Waals surface area contributed by atoms with Crippen molar-refractivity contribution in [3.8, 4) is 0 Å². The van der Waals surface area contributed by atoms with Crippen LogP contribution in [0.2, 0.25) is 0 Å². The smallest absolute Gasteiger partial charge is 0.101 e. The third-order valence-corrected chi connectivity index (χ3v) is 5.50. The zero-order chi connectivity index (χ0) is 9.85. The third kappa shape index (κ3) is 1.18. The van der Waals surface area contributed by atoms with E-state index in [1.807, 2.05) is 0 Å². The van der Waals surface area contributed by atoms with Gasteiger partial charge in [-0.05, 0) is 32.1 Å². The Morgan fingerprint density at radius 1 is 1.46 bits per heavy atom. The van der Waals surface area contributed by atoms with Gasteiger partial charge in [0.15, 0.2) is 0 Å². The predicted octanol–water partition coefficient (Wildman–Crippen LogP) is 4.17. The predicted molar refractivity (Wildman–Crippen MR) is 58.2 cm³/mol. The molecule has 2 aliphatic carbocycles. The molecule has 0 unspecified atom stereocenters. The molecule has 2 rings (SSSR count). The summed E-state index contributed by atoms with van der Waals surface area (Å²) in [6, 6.07) is 0. The maximum atomic E-state index is 6.26. The fraction of sp³-hybridized carbons (Fsp3) is 0.818. The SMILES string of the molecule is C=C(C)[C@H]1CC[C@]2(C)[C@@H](C1)C2(Cl)Cl. The Hall–Kier alpha value is 0.320. The van der Waals surface area contributed by atoms with Crippen LogP contribution < -0.4 is 0 Å². The van der Waals surface area contributed by atoms with Gasteiger partial charge in [0, 0.05) is 11.3 Å². The highest BCUT2D eigenvalue weighted by atomic mass is 35.5. The summed E-state index contributed by atoms with van der Waals surface area (Å²) in [6.45, 7) is 8.34. The molecule has 0 nitrogen and oxygen atoms in total. The maximum absolute atomic E-state index is 6.26. The minimum absolute atomic E-state index is 0.196. The van der Waals surface area contributed by atoms with Crippen molar-refractivity contribution in [3.05, 3.63) is 12.2 Å². The molecule has 2 heteroatoms. The summed E-state index contributed by atoms with van der Waals surface area (Å²) in [5.41, 5.74) is 1.49. The molecular weight excluding hydrogens is 203 g/mol. The van der Waals surface area contributed by atoms with Crippen molar-refractivity contribution >= 4 is 23.2 Å². The molecule has 0 amide bonds. The Kier molecular flexibility index (Phi) is 2.02. The molecule has 74 valence electrons. The molecule has 3 atom stereocenters. The summed E-state index contributed by atoms with van der Waals surface area (Å²) >= 11 is 12.5. The van der Waals surface area contributed by atoms with Gasteiger partial charge in [0.1, 0.15) is 4.33 Å². The van der Waals surface area contributed by atoms with Crippen LogP contribution in [0, 0.1) is 17.3 Å². The quantitative estimate of drug-likeness (QED) is 0.458. The van der Waals surface area contributed by atoms with Crippen LogP contribution in [0.1, 0.15) is 33.1 Å². The Labute approximate surface area is 90.3 Å². The van der Waals surface area contributed by atoms with Crippen molar-refractivity contribution in [1.29, 1.82) is 0 Å². The Bertz CT molecular complexity index is 257. The number of rotatable bonds is 1. The van der Waals surface area contributed by atoms with E-state index in [2.05, 4.69) is 20.4 Å². The number of fused-ring (bicyclic) bond motifs is 1. The van der Waals surface area contributed by atoms with E-state index in [1.54, 1.807) is 0 Å². The number of alkyl halides is 2. The van der Waals surface area contributed by atoms with Gasteiger partial charge in [0.05, 0.1) is 0 Å². The van der Waals surface area contributed by atoms with E-state index in [0.717, 1.165) is 12.8 Å². The van der Waals surface area contributed by atoms with Crippen LogP contribution in [-0.4, -0.2) is 4.33 Å². The fourth-order valence-corrected chi connectivity index (χ4v) is 3.75. The molecule has 2 fully saturated rings. The molecule has 0 saturated heterocycles. The minimum atomic E-state index is -0.447. The topological polar surface area (TPSA) is 0 Å². The molecule has 2 saturated carbocycles. The van der Waals surface area contributed by atoms with Crippen molar-refractivity contribution < 1.29 is 0 Å². The van der Waals surface area contributed by atoms with Gasteiger partial charge in [-0.2, -0.15) is 0 Å². The van der Waals surface area contributed by atoms with Crippen LogP contribution in [-0.2, 0) is 0 Å². The average molecular weight is 219 g/mol. The van der Waals surface area contributed by atoms with Gasteiger partial charge in [0.25, 0.3) is 0 Å². The highest BCUT2D eigenvalue weighted by Gasteiger charge is 2.73. The van der Waals surface area contributed by atoms with Gasteiger partial charge < -0.3 is 0 Å². The first-order valence-corrected chi connectivity index (χ1v) is 5.68. The van der Waals surface area contributed by atoms with Gasteiger partial charge in [-0.25, -0.2) is 0 Å². The van der Waals surface area contributed by atoms with E-state index in [1.165, 1.54) is 12.0 Å². The summed E-state index contributed by atoms with van der Waals surface area (Å²) in [5.74, 6) is 1.15. The second kappa shape index (κ2) is 2.67. The fourth-order valence-electron chi connectivity index (χ4n) is 2.75. The van der Waals surface area contributed by atoms with Crippen LogP contribution >= 0.6 is 23.2 Å². The molecular formula is C11H16Cl2. The zero-order valence-corrected chi connectivity index (χ0v) is 9.75. The Balaban J connectivity index is 2.11. The molecule has 2 aliphatic rings. The van der Waals surface area contributed by atoms with E-state index in [-0.39, 0.29) is 5.41 Å². The number of hydrogen-bond donors (Lipinski definition) is 0. The summed E-state index contributed by atoms with van der Waals surface area (Å²) < 4.78 is -0.447. The van der Waals surface area contributed by atoms with Crippen molar-refractivity contribution in [3.63, 3.8) is 0 Å². The van der Waals surface area contributed by atoms with E-state index >= 15 is 0 Å². The standard InChI is InChI=1S/C11H16Cl2/c1-7(2)8-4-5-10(3)9(6-8)11(10,12)13/h8-9H,1,4-6H2,2-3H3/t8-,9+,10+/m0/s1. The van der Waals surface area contributed by atoms with Crippen molar-refractivity contribution in [2.75, 3.05) is 0 Å². The van der Waals surface area contributed by atoms with Gasteiger partial charge >= 0.3 is 0 Å². The van der Waals surface area contributed by atoms with E-state index in [0.29, 0.717) is 11.8 Å². The van der Waals surface area contributed by atoms with Crippen molar-refractivity contribution in [2.24, 2.45) is 17.3 Å². The molecule has 0 spiro atoms. The molecule has 0 heterocycles. The van der Waals surface area contributed by atoms with Crippen molar-refractivity contribution in [2.45, 2.75) is 37.4 Å². The highest BCUT2D eigenvalue weighted by molar-refractivity contribution is 6.51. The van der Waals surface area contributed by atoms with Crippen molar-refractivity contribution in [1.82, 2.24) is 0 Å². The molecule has 0 N–H and O–H groups in total. The summed E-state index contributed by atoms with van der Waals surface area (Å²) in [6.07, 6.45) is 3.50. The second-order valence-electron chi connectivity index (χ2n) is 4.91. The second-order valence-corrected chi connectivity index (χ2v) is 6.30. The molecule has 0 bridgehead atoms. The average Bonchev–Trinajstić information content (AvgIpc) is 2.46. The Morgan fingerprint density at radius 3 is 2.54 bits per heavy atom. The lowest BCUT2D eigenvalue weighted by Crippen LogP contribution is -2.14. The normalized spacial score (nSPS) is 46.8. The van der Waals surface area contributed by atoms with Crippen LogP contribution in [0.5, 0.6) is 0 Å². The van der Waals surface area contributed by atoms with Gasteiger partial charge in [-0.15, -0.1) is 23.2 Å². The highest BCUT2D eigenvalue weighted by Crippen LogP contribution is 2.75. The first kappa shape index (κ1) is 9.86. The summed E-state index contributed by atoms with van der Waals surface area (Å²) in [5, 5.41) is 0. The van der Waals surface area contributed by atoms with Crippen LogP contribution in [0.25, 0.3) is 0 Å². The number of halogens is 2. The monoisotopic (exact) mass is 218 g/mol. The minimum Gasteiger partial charge on any atom is -0.101 e. The number of allylic oxidation sites excluding steroid dienone is 1. The molecule has 13 heavy (non-hydrogen) atoms. The molecule has 0 aromatic rings. The zero-order valence-electron chi connectivity index (χ0n) is 8.24. The van der Waals surface area contributed by atoms with Crippen LogP contribution in [0.4, 0.5) is 0 Å². The number of hydrogen-bond acceptors (Lipinski definition) is 0. The molecule has 0 aromatic carbocycles. The van der Waals surface area contributed by atoms with Crippen LogP contribution in [0.3, 0.4) is 0 Å². The lowest BCUT2D eigenvalue weighted by molar-refractivity contribution is 0.307. The first-order chi connectivity index (χ1) is 5.89. The van der Waals surface area contributed by atoms with Gasteiger partial charge in [0.2, 0.25) is 0 Å². The van der Waals surface area contributed by atoms with E-state index in [4.69, 9.17) is 23.2 Å². The third-order valence-electron chi connectivity index (χ3n) is 4.11. The summed E-state index contributed by atoms with van der Waals surface area (Å²) in [7, 11) is 0. The van der Waals surface area contributed by atoms with E-state index < -0.39 is 4.33 Å². The lowest BCUT2D eigenvalue weighted by atomic mass is 9.80. The Morgan fingerprint density at radius 2 is 2.08 bits per heavy atom. The lowest BCUT2D eigenvalue weighted by Gasteiger charge is -2.24. The molecule has 0 aliphatic heterocycles. The van der Waals surface area contributed by atoms with Crippen LogP contribution in [0.15, 0.2) is 12.2 Å². The molecule has 0 radical (unpaired) electrons. The van der Waals surface area contributed by atoms with Gasteiger partial charge in [-0.1, -0.05) is 19.1 Å². The largest absolute Gasteiger partial charge is 0.127 e. The van der Waals surface area contributed by atoms with Gasteiger partial charge in [-0.3, -0.25) is 0 Å².